The first-order valence-electron chi connectivity index (χ1n) is 7.46. The summed E-state index contributed by atoms with van der Waals surface area (Å²) >= 11 is 0. The number of hydrogen-bond acceptors (Lipinski definition) is 5. The Hall–Kier alpha value is -1.34. The number of sulfonamides is 1. The van der Waals surface area contributed by atoms with E-state index in [1.807, 2.05) is 0 Å². The molecule has 0 aromatic carbocycles. The van der Waals surface area contributed by atoms with Crippen LogP contribution >= 0.6 is 0 Å². The van der Waals surface area contributed by atoms with Crippen LogP contribution in [0.3, 0.4) is 0 Å². The van der Waals surface area contributed by atoms with Crippen LogP contribution in [0, 0.1) is 11.8 Å². The van der Waals surface area contributed by atoms with Gasteiger partial charge in [0, 0.05) is 6.54 Å². The second kappa shape index (κ2) is 6.83. The molecule has 3 atom stereocenters. The number of carbonyl (C=O) groups is 1. The number of carbonyl (C=O) groups excluding carboxylic acids is 1. The van der Waals surface area contributed by atoms with E-state index in [1.54, 1.807) is 25.3 Å². The van der Waals surface area contributed by atoms with Crippen molar-refractivity contribution >= 4 is 16.0 Å². The largest absolute Gasteiger partial charge is 0.469 e. The standard InChI is InChI=1S/C15H23NO5S/c1-11-6-7-16(13(9-11)14-5-4-8-21-14)22(18,19)10-12(2)15(17)20-3/h4-5,8,11-13H,6-7,9-10H2,1-3H3/t11-,12+,13-/m0/s1. The number of nitrogens with zero attached hydrogens (tertiary/aromatic N) is 1. The van der Waals surface area contributed by atoms with Gasteiger partial charge in [-0.25, -0.2) is 8.42 Å². The maximum absolute atomic E-state index is 12.7. The van der Waals surface area contributed by atoms with Crippen LogP contribution in [0.15, 0.2) is 22.8 Å². The van der Waals surface area contributed by atoms with Crippen molar-refractivity contribution in [2.45, 2.75) is 32.7 Å². The molecule has 1 aromatic heterocycles. The third-order valence-electron chi connectivity index (χ3n) is 4.11. The summed E-state index contributed by atoms with van der Waals surface area (Å²) in [5.41, 5.74) is 0. The monoisotopic (exact) mass is 329 g/mol. The molecule has 0 amide bonds. The number of piperidine rings is 1. The van der Waals surface area contributed by atoms with Gasteiger partial charge >= 0.3 is 5.97 Å². The summed E-state index contributed by atoms with van der Waals surface area (Å²) in [5.74, 6) is -0.360. The Morgan fingerprint density at radius 3 is 2.86 bits per heavy atom. The van der Waals surface area contributed by atoms with E-state index in [9.17, 15) is 13.2 Å². The van der Waals surface area contributed by atoms with Crippen LogP contribution in [0.5, 0.6) is 0 Å². The van der Waals surface area contributed by atoms with E-state index in [2.05, 4.69) is 11.7 Å². The molecule has 2 heterocycles. The van der Waals surface area contributed by atoms with Gasteiger partial charge < -0.3 is 9.15 Å². The molecule has 0 saturated carbocycles. The van der Waals surface area contributed by atoms with Gasteiger partial charge in [0.25, 0.3) is 0 Å². The summed E-state index contributed by atoms with van der Waals surface area (Å²) in [4.78, 5) is 11.5. The quantitative estimate of drug-likeness (QED) is 0.774. The Morgan fingerprint density at radius 1 is 1.55 bits per heavy atom. The number of furan rings is 1. The molecule has 0 aliphatic carbocycles. The van der Waals surface area contributed by atoms with E-state index in [1.165, 1.54) is 11.4 Å². The van der Waals surface area contributed by atoms with Gasteiger partial charge in [-0.15, -0.1) is 0 Å². The van der Waals surface area contributed by atoms with E-state index < -0.39 is 21.9 Å². The number of hydrogen-bond donors (Lipinski definition) is 0. The summed E-state index contributed by atoms with van der Waals surface area (Å²) in [5, 5.41) is 0. The minimum absolute atomic E-state index is 0.245. The van der Waals surface area contributed by atoms with Gasteiger partial charge in [-0.05, 0) is 30.9 Å². The van der Waals surface area contributed by atoms with Gasteiger partial charge in [-0.3, -0.25) is 4.79 Å². The molecule has 1 aliphatic heterocycles. The van der Waals surface area contributed by atoms with Crippen LogP contribution in [-0.2, 0) is 19.6 Å². The van der Waals surface area contributed by atoms with E-state index >= 15 is 0 Å². The van der Waals surface area contributed by atoms with Gasteiger partial charge in [0.15, 0.2) is 0 Å². The van der Waals surface area contributed by atoms with E-state index in [0.29, 0.717) is 18.2 Å². The lowest BCUT2D eigenvalue weighted by molar-refractivity contribution is -0.144. The molecule has 1 fully saturated rings. The third kappa shape index (κ3) is 3.70. The zero-order valence-electron chi connectivity index (χ0n) is 13.2. The van der Waals surface area contributed by atoms with Gasteiger partial charge in [0.1, 0.15) is 5.76 Å². The van der Waals surface area contributed by atoms with Crippen molar-refractivity contribution in [1.29, 1.82) is 0 Å². The number of methoxy groups -OCH3 is 1. The predicted molar refractivity (Wildman–Crippen MR) is 81.5 cm³/mol. The molecule has 22 heavy (non-hydrogen) atoms. The second-order valence-electron chi connectivity index (χ2n) is 5.97. The Balaban J connectivity index is 2.21. The Bertz CT molecular complexity index is 595. The highest BCUT2D eigenvalue weighted by Crippen LogP contribution is 2.36. The first kappa shape index (κ1) is 17.0. The van der Waals surface area contributed by atoms with Crippen LogP contribution in [-0.4, -0.2) is 38.1 Å². The van der Waals surface area contributed by atoms with Crippen molar-refractivity contribution in [3.63, 3.8) is 0 Å². The highest BCUT2D eigenvalue weighted by molar-refractivity contribution is 7.89. The molecule has 7 heteroatoms. The number of rotatable bonds is 5. The molecule has 1 aromatic rings. The predicted octanol–water partition coefficient (Wildman–Crippen LogP) is 2.19. The normalized spacial score (nSPS) is 24.9. The topological polar surface area (TPSA) is 76.8 Å². The van der Waals surface area contributed by atoms with E-state index in [-0.39, 0.29) is 11.8 Å². The van der Waals surface area contributed by atoms with Crippen molar-refractivity contribution in [2.24, 2.45) is 11.8 Å². The van der Waals surface area contributed by atoms with E-state index in [0.717, 1.165) is 12.8 Å². The Morgan fingerprint density at radius 2 is 2.27 bits per heavy atom. The summed E-state index contributed by atoms with van der Waals surface area (Å²) in [6, 6.07) is 3.26. The minimum Gasteiger partial charge on any atom is -0.469 e. The molecular weight excluding hydrogens is 306 g/mol. The van der Waals surface area contributed by atoms with Crippen LogP contribution in [0.4, 0.5) is 0 Å². The van der Waals surface area contributed by atoms with Crippen LogP contribution in [0.1, 0.15) is 38.5 Å². The fourth-order valence-electron chi connectivity index (χ4n) is 2.87. The summed E-state index contributed by atoms with van der Waals surface area (Å²) in [6.45, 7) is 4.12. The molecule has 0 radical (unpaired) electrons. The Labute approximate surface area is 131 Å². The fourth-order valence-corrected chi connectivity index (χ4v) is 4.79. The van der Waals surface area contributed by atoms with Crippen molar-refractivity contribution in [1.82, 2.24) is 4.31 Å². The maximum atomic E-state index is 12.7. The molecular formula is C15H23NO5S. The lowest BCUT2D eigenvalue weighted by Crippen LogP contribution is -2.43. The van der Waals surface area contributed by atoms with Crippen molar-refractivity contribution in [3.05, 3.63) is 24.2 Å². The fraction of sp³-hybridized carbons (Fsp3) is 0.667. The summed E-state index contributed by atoms with van der Waals surface area (Å²) in [6.07, 6.45) is 3.08. The van der Waals surface area contributed by atoms with E-state index in [4.69, 9.17) is 4.42 Å². The molecule has 0 unspecified atom stereocenters. The molecule has 2 rings (SSSR count). The first-order valence-corrected chi connectivity index (χ1v) is 9.06. The third-order valence-corrected chi connectivity index (χ3v) is 6.18. The second-order valence-corrected chi connectivity index (χ2v) is 7.94. The zero-order chi connectivity index (χ0) is 16.3. The van der Waals surface area contributed by atoms with Crippen LogP contribution in [0.25, 0.3) is 0 Å². The highest BCUT2D eigenvalue weighted by Gasteiger charge is 2.38. The average molecular weight is 329 g/mol. The maximum Gasteiger partial charge on any atom is 0.309 e. The molecule has 124 valence electrons. The molecule has 0 N–H and O–H groups in total. The van der Waals surface area contributed by atoms with Crippen molar-refractivity contribution < 1.29 is 22.4 Å². The molecule has 6 nitrogen and oxygen atoms in total. The van der Waals surface area contributed by atoms with Gasteiger partial charge in [-0.2, -0.15) is 4.31 Å². The molecule has 0 bridgehead atoms. The van der Waals surface area contributed by atoms with Gasteiger partial charge in [0.05, 0.1) is 31.1 Å². The van der Waals surface area contributed by atoms with Gasteiger partial charge in [-0.1, -0.05) is 13.8 Å². The molecule has 1 saturated heterocycles. The lowest BCUT2D eigenvalue weighted by atomic mass is 9.93. The summed E-state index contributed by atoms with van der Waals surface area (Å²) in [7, 11) is -2.30. The van der Waals surface area contributed by atoms with Crippen LogP contribution in [0.2, 0.25) is 0 Å². The number of ether oxygens (including phenoxy) is 1. The smallest absolute Gasteiger partial charge is 0.309 e. The Kier molecular flexibility index (Phi) is 5.28. The van der Waals surface area contributed by atoms with Crippen LogP contribution < -0.4 is 0 Å². The molecule has 0 spiro atoms. The first-order chi connectivity index (χ1) is 10.3. The highest BCUT2D eigenvalue weighted by atomic mass is 32.2. The average Bonchev–Trinajstić information content (AvgIpc) is 2.99. The zero-order valence-corrected chi connectivity index (χ0v) is 14.0. The molecule has 1 aliphatic rings. The van der Waals surface area contributed by atoms with Crippen molar-refractivity contribution in [2.75, 3.05) is 19.4 Å². The van der Waals surface area contributed by atoms with Crippen molar-refractivity contribution in [3.8, 4) is 0 Å². The van der Waals surface area contributed by atoms with Gasteiger partial charge in [0.2, 0.25) is 10.0 Å². The SMILES string of the molecule is COC(=O)[C@H](C)CS(=O)(=O)N1CC[C@H](C)C[C@H]1c1ccco1. The summed E-state index contributed by atoms with van der Waals surface area (Å²) < 4.78 is 36.9. The minimum atomic E-state index is -3.56. The number of esters is 1. The lowest BCUT2D eigenvalue weighted by Gasteiger charge is -2.36.